The molecule has 9 nitrogen and oxygen atoms in total. The maximum absolute atomic E-state index is 12.0. The molecule has 1 aromatic rings. The molecule has 2 saturated heterocycles. The van der Waals surface area contributed by atoms with Gasteiger partial charge in [0.25, 0.3) is 0 Å². The fourth-order valence-electron chi connectivity index (χ4n) is 3.47. The molecule has 0 spiro atoms. The monoisotopic (exact) mass is 565 g/mol. The Hall–Kier alpha value is -1.37. The number of rotatable bonds is 7. The minimum atomic E-state index is -0.0300. The van der Waals surface area contributed by atoms with Crippen LogP contribution in [0.15, 0.2) is 23.3 Å². The van der Waals surface area contributed by atoms with Crippen molar-refractivity contribution in [3.8, 4) is 0 Å². The molecule has 0 aliphatic carbocycles. The van der Waals surface area contributed by atoms with E-state index in [1.165, 1.54) is 0 Å². The number of nitrogens with one attached hydrogen (secondary N) is 2. The number of ether oxygens (including phenoxy) is 1. The van der Waals surface area contributed by atoms with E-state index in [4.69, 9.17) is 16.3 Å². The molecule has 0 saturated carbocycles. The summed E-state index contributed by atoms with van der Waals surface area (Å²) in [5.41, 5.74) is 0. The lowest BCUT2D eigenvalue weighted by atomic mass is 10.3. The largest absolute Gasteiger partial charge is 0.379 e. The number of pyridine rings is 1. The summed E-state index contributed by atoms with van der Waals surface area (Å²) in [5, 5.41) is 7.52. The van der Waals surface area contributed by atoms with E-state index < -0.39 is 0 Å². The number of carbonyl (C=O) groups is 1. The van der Waals surface area contributed by atoms with Crippen LogP contribution in [0.5, 0.6) is 0 Å². The fourth-order valence-corrected chi connectivity index (χ4v) is 3.71. The Balaban J connectivity index is 0.00000341. The normalized spacial score (nSPS) is 19.6. The Labute approximate surface area is 206 Å². The average Bonchev–Trinajstić information content (AvgIpc) is 3.21. The van der Waals surface area contributed by atoms with Crippen LogP contribution in [0.2, 0.25) is 5.02 Å². The molecule has 2 fully saturated rings. The van der Waals surface area contributed by atoms with E-state index in [1.54, 1.807) is 25.2 Å². The van der Waals surface area contributed by atoms with Gasteiger partial charge in [-0.15, -0.1) is 24.0 Å². The standard InChI is InChI=1S/C20H32ClN7O2.HI/c1-26(2)18(29)14-24-20(23-7-9-27-10-12-30-13-11-27)25-16-5-8-28(15-16)19-17(21)4-3-6-22-19;/h3-4,6,16H,5,7-15H2,1-2H3,(H2,23,24,25);1H. The van der Waals surface area contributed by atoms with Gasteiger partial charge in [-0.25, -0.2) is 9.98 Å². The molecule has 174 valence electrons. The number of hydrogen-bond donors (Lipinski definition) is 2. The van der Waals surface area contributed by atoms with E-state index in [1.807, 2.05) is 12.1 Å². The van der Waals surface area contributed by atoms with Gasteiger partial charge in [0.1, 0.15) is 12.4 Å². The zero-order chi connectivity index (χ0) is 21.3. The molecule has 2 aliphatic rings. The summed E-state index contributed by atoms with van der Waals surface area (Å²) in [6.07, 6.45) is 2.70. The second-order valence-electron chi connectivity index (χ2n) is 7.72. The summed E-state index contributed by atoms with van der Waals surface area (Å²) in [7, 11) is 3.48. The number of halogens is 2. The van der Waals surface area contributed by atoms with E-state index in [9.17, 15) is 4.79 Å². The number of nitrogens with zero attached hydrogens (tertiary/aromatic N) is 5. The van der Waals surface area contributed by atoms with Crippen LogP contribution in [0, 0.1) is 0 Å². The third kappa shape index (κ3) is 8.24. The van der Waals surface area contributed by atoms with Crippen molar-refractivity contribution in [1.82, 2.24) is 25.4 Å². The molecule has 0 radical (unpaired) electrons. The second-order valence-corrected chi connectivity index (χ2v) is 8.13. The Bertz CT molecular complexity index is 731. The van der Waals surface area contributed by atoms with Gasteiger partial charge in [-0.1, -0.05) is 11.6 Å². The van der Waals surface area contributed by atoms with Crippen molar-refractivity contribution in [1.29, 1.82) is 0 Å². The lowest BCUT2D eigenvalue weighted by Gasteiger charge is -2.27. The number of guanidine groups is 1. The molecule has 3 heterocycles. The van der Waals surface area contributed by atoms with Crippen molar-refractivity contribution in [2.24, 2.45) is 4.99 Å². The minimum Gasteiger partial charge on any atom is -0.379 e. The van der Waals surface area contributed by atoms with Gasteiger partial charge in [0.05, 0.1) is 18.2 Å². The first kappa shape index (κ1) is 25.9. The Morgan fingerprint density at radius 1 is 1.35 bits per heavy atom. The van der Waals surface area contributed by atoms with Crippen LogP contribution in [0.25, 0.3) is 0 Å². The van der Waals surface area contributed by atoms with Crippen molar-refractivity contribution >= 4 is 53.3 Å². The summed E-state index contributed by atoms with van der Waals surface area (Å²) in [6, 6.07) is 3.90. The van der Waals surface area contributed by atoms with Crippen LogP contribution in [0.1, 0.15) is 6.42 Å². The van der Waals surface area contributed by atoms with Crippen LogP contribution in [-0.4, -0.2) is 106 Å². The molecular weight excluding hydrogens is 533 g/mol. The van der Waals surface area contributed by atoms with Crippen molar-refractivity contribution in [2.75, 3.05) is 78.0 Å². The Morgan fingerprint density at radius 3 is 2.84 bits per heavy atom. The predicted molar refractivity (Wildman–Crippen MR) is 135 cm³/mol. The Morgan fingerprint density at radius 2 is 2.13 bits per heavy atom. The summed E-state index contributed by atoms with van der Waals surface area (Å²) >= 11 is 6.30. The highest BCUT2D eigenvalue weighted by molar-refractivity contribution is 14.0. The minimum absolute atomic E-state index is 0. The average molecular weight is 566 g/mol. The molecule has 1 aromatic heterocycles. The number of morpholine rings is 1. The lowest BCUT2D eigenvalue weighted by molar-refractivity contribution is -0.127. The van der Waals surface area contributed by atoms with Crippen molar-refractivity contribution in [2.45, 2.75) is 12.5 Å². The topological polar surface area (TPSA) is 85.3 Å². The van der Waals surface area contributed by atoms with Gasteiger partial charge < -0.3 is 25.2 Å². The maximum Gasteiger partial charge on any atom is 0.243 e. The molecule has 1 atom stereocenters. The van der Waals surface area contributed by atoms with Gasteiger partial charge in [-0.05, 0) is 18.6 Å². The fraction of sp³-hybridized carbons (Fsp3) is 0.650. The second kappa shape index (κ2) is 13.2. The van der Waals surface area contributed by atoms with E-state index >= 15 is 0 Å². The van der Waals surface area contributed by atoms with Crippen LogP contribution in [0.3, 0.4) is 0 Å². The van der Waals surface area contributed by atoms with E-state index in [-0.39, 0.29) is 42.5 Å². The highest BCUT2D eigenvalue weighted by Crippen LogP contribution is 2.25. The first-order valence-electron chi connectivity index (χ1n) is 10.4. The predicted octanol–water partition coefficient (Wildman–Crippen LogP) is 0.887. The van der Waals surface area contributed by atoms with Gasteiger partial charge in [0.2, 0.25) is 5.91 Å². The van der Waals surface area contributed by atoms with Gasteiger partial charge in [0, 0.05) is 65.6 Å². The maximum atomic E-state index is 12.0. The SMILES string of the molecule is CN(C)C(=O)CN=C(NCCN1CCOCC1)NC1CCN(c2ncccc2Cl)C1.I. The lowest BCUT2D eigenvalue weighted by Crippen LogP contribution is -2.48. The third-order valence-corrected chi connectivity index (χ3v) is 5.56. The van der Waals surface area contributed by atoms with Gasteiger partial charge in [0.15, 0.2) is 5.96 Å². The first-order valence-corrected chi connectivity index (χ1v) is 10.8. The number of aliphatic imine (C=N–C) groups is 1. The molecule has 0 bridgehead atoms. The summed E-state index contributed by atoms with van der Waals surface area (Å²) < 4.78 is 5.40. The molecule has 1 amide bonds. The van der Waals surface area contributed by atoms with E-state index in [2.05, 4.69) is 30.4 Å². The quantitative estimate of drug-likeness (QED) is 0.289. The van der Waals surface area contributed by atoms with Crippen molar-refractivity contribution < 1.29 is 9.53 Å². The summed E-state index contributed by atoms with van der Waals surface area (Å²) in [6.45, 7) is 6.88. The zero-order valence-electron chi connectivity index (χ0n) is 18.2. The number of aromatic nitrogens is 1. The first-order chi connectivity index (χ1) is 14.5. The molecule has 11 heteroatoms. The molecule has 1 unspecified atom stereocenters. The summed E-state index contributed by atoms with van der Waals surface area (Å²) in [4.78, 5) is 27.0. The highest BCUT2D eigenvalue weighted by Gasteiger charge is 2.25. The molecule has 0 aromatic carbocycles. The molecular formula is C20H33ClIN7O2. The van der Waals surface area contributed by atoms with Crippen LogP contribution < -0.4 is 15.5 Å². The van der Waals surface area contributed by atoms with Crippen LogP contribution >= 0.6 is 35.6 Å². The molecule has 2 aliphatic heterocycles. The summed E-state index contributed by atoms with van der Waals surface area (Å²) in [5.74, 6) is 1.44. The number of likely N-dealkylation sites (N-methyl/N-ethyl adjacent to an activating group) is 1. The smallest absolute Gasteiger partial charge is 0.243 e. The van der Waals surface area contributed by atoms with Gasteiger partial charge in [-0.2, -0.15) is 0 Å². The van der Waals surface area contributed by atoms with Gasteiger partial charge >= 0.3 is 0 Å². The van der Waals surface area contributed by atoms with Gasteiger partial charge in [-0.3, -0.25) is 9.69 Å². The van der Waals surface area contributed by atoms with E-state index in [0.29, 0.717) is 11.0 Å². The van der Waals surface area contributed by atoms with Crippen LogP contribution in [-0.2, 0) is 9.53 Å². The zero-order valence-corrected chi connectivity index (χ0v) is 21.3. The van der Waals surface area contributed by atoms with Crippen LogP contribution in [0.4, 0.5) is 5.82 Å². The molecule has 31 heavy (non-hydrogen) atoms. The Kier molecular flexibility index (Phi) is 11.1. The highest BCUT2D eigenvalue weighted by atomic mass is 127. The van der Waals surface area contributed by atoms with Crippen molar-refractivity contribution in [3.63, 3.8) is 0 Å². The third-order valence-electron chi connectivity index (χ3n) is 5.26. The van der Waals surface area contributed by atoms with Crippen molar-refractivity contribution in [3.05, 3.63) is 23.4 Å². The molecule has 2 N–H and O–H groups in total. The molecule has 3 rings (SSSR count). The number of hydrogen-bond acceptors (Lipinski definition) is 6. The number of carbonyl (C=O) groups excluding carboxylic acids is 1. The number of anilines is 1. The number of amides is 1. The van der Waals surface area contributed by atoms with E-state index in [0.717, 1.165) is 64.7 Å².